The lowest BCUT2D eigenvalue weighted by atomic mass is 10.0. The maximum absolute atomic E-state index is 12.7. The maximum Gasteiger partial charge on any atom is 0.250 e. The molecule has 5 aromatic rings. The van der Waals surface area contributed by atoms with E-state index in [0.29, 0.717) is 31.0 Å². The number of benzene rings is 1. The first kappa shape index (κ1) is 22.3. The van der Waals surface area contributed by atoms with Gasteiger partial charge in [-0.15, -0.1) is 10.2 Å². The van der Waals surface area contributed by atoms with E-state index < -0.39 is 0 Å². The SMILES string of the molecule is O=C(Cc1nnc(-c2cnc(N[C@@H]3Cc4ccc(-c5ccoc5)cc4C3)nc2)o1)N1CCc2n[nH]nc2C1. The van der Waals surface area contributed by atoms with Gasteiger partial charge in [0.1, 0.15) is 12.1 Å². The first-order valence-corrected chi connectivity index (χ1v) is 12.4. The predicted octanol–water partition coefficient (Wildman–Crippen LogP) is 2.61. The number of nitrogens with zero attached hydrogens (tertiary/aromatic N) is 7. The lowest BCUT2D eigenvalue weighted by Gasteiger charge is -2.24. The molecule has 0 radical (unpaired) electrons. The van der Waals surface area contributed by atoms with Gasteiger partial charge in [0.2, 0.25) is 17.7 Å². The second-order valence-corrected chi connectivity index (χ2v) is 9.50. The van der Waals surface area contributed by atoms with Crippen molar-refractivity contribution in [1.82, 2.24) is 40.5 Å². The Morgan fingerprint density at radius 3 is 2.76 bits per heavy atom. The maximum atomic E-state index is 12.7. The quantitative estimate of drug-likeness (QED) is 0.349. The van der Waals surface area contributed by atoms with Crippen molar-refractivity contribution in [3.8, 4) is 22.6 Å². The molecule has 12 heteroatoms. The van der Waals surface area contributed by atoms with Gasteiger partial charge < -0.3 is 19.1 Å². The van der Waals surface area contributed by atoms with Crippen molar-refractivity contribution in [1.29, 1.82) is 0 Å². The Morgan fingerprint density at radius 2 is 1.89 bits per heavy atom. The second-order valence-electron chi connectivity index (χ2n) is 9.50. The van der Waals surface area contributed by atoms with Gasteiger partial charge in [0, 0.05) is 37.0 Å². The van der Waals surface area contributed by atoms with E-state index in [0.717, 1.165) is 35.4 Å². The number of carbonyl (C=O) groups is 1. The summed E-state index contributed by atoms with van der Waals surface area (Å²) in [5.41, 5.74) is 7.16. The molecule has 1 aliphatic carbocycles. The Morgan fingerprint density at radius 1 is 1.03 bits per heavy atom. The van der Waals surface area contributed by atoms with Crippen LogP contribution in [0.15, 0.2) is 58.0 Å². The molecule has 1 aromatic carbocycles. The van der Waals surface area contributed by atoms with Crippen LogP contribution in [-0.4, -0.2) is 59.0 Å². The van der Waals surface area contributed by atoms with Gasteiger partial charge in [0.15, 0.2) is 0 Å². The van der Waals surface area contributed by atoms with E-state index in [4.69, 9.17) is 8.83 Å². The lowest BCUT2D eigenvalue weighted by molar-refractivity contribution is -0.131. The molecular weight excluding hydrogens is 486 g/mol. The zero-order chi connectivity index (χ0) is 25.5. The summed E-state index contributed by atoms with van der Waals surface area (Å²) in [4.78, 5) is 23.3. The molecule has 1 atom stereocenters. The van der Waals surface area contributed by atoms with Gasteiger partial charge in [-0.1, -0.05) is 18.2 Å². The summed E-state index contributed by atoms with van der Waals surface area (Å²) >= 11 is 0. The van der Waals surface area contributed by atoms with Gasteiger partial charge >= 0.3 is 0 Å². The van der Waals surface area contributed by atoms with Crippen molar-refractivity contribution < 1.29 is 13.6 Å². The van der Waals surface area contributed by atoms with E-state index in [-0.39, 0.29) is 30.2 Å². The average molecular weight is 510 g/mol. The molecule has 0 unspecified atom stereocenters. The summed E-state index contributed by atoms with van der Waals surface area (Å²) in [7, 11) is 0. The molecule has 0 saturated heterocycles. The van der Waals surface area contributed by atoms with Crippen molar-refractivity contribution in [3.63, 3.8) is 0 Å². The Hall–Kier alpha value is -4.87. The molecular formula is C26H23N9O3. The van der Waals surface area contributed by atoms with E-state index in [2.05, 4.69) is 59.1 Å². The van der Waals surface area contributed by atoms with Crippen LogP contribution in [0.1, 0.15) is 28.4 Å². The molecule has 2 aliphatic rings. The van der Waals surface area contributed by atoms with Crippen LogP contribution in [0.5, 0.6) is 0 Å². The third-order valence-corrected chi connectivity index (χ3v) is 7.01. The van der Waals surface area contributed by atoms with Crippen LogP contribution in [0.2, 0.25) is 0 Å². The highest BCUT2D eigenvalue weighted by molar-refractivity contribution is 5.78. The molecule has 4 aromatic heterocycles. The number of furan rings is 1. The van der Waals surface area contributed by atoms with Gasteiger partial charge in [0.05, 0.1) is 30.3 Å². The van der Waals surface area contributed by atoms with Gasteiger partial charge in [-0.2, -0.15) is 15.4 Å². The minimum absolute atomic E-state index is 0.0191. The number of hydrogen-bond donors (Lipinski definition) is 2. The molecule has 12 nitrogen and oxygen atoms in total. The fourth-order valence-electron chi connectivity index (χ4n) is 5.02. The van der Waals surface area contributed by atoms with Crippen molar-refractivity contribution in [3.05, 3.63) is 77.6 Å². The number of fused-ring (bicyclic) bond motifs is 2. The molecule has 0 fully saturated rings. The summed E-state index contributed by atoms with van der Waals surface area (Å²) < 4.78 is 10.9. The Balaban J connectivity index is 0.965. The third kappa shape index (κ3) is 4.29. The van der Waals surface area contributed by atoms with E-state index in [1.54, 1.807) is 29.8 Å². The number of H-pyrrole nitrogens is 1. The van der Waals surface area contributed by atoms with E-state index in [1.165, 1.54) is 11.1 Å². The fraction of sp³-hybridized carbons (Fsp3) is 0.269. The molecule has 2 N–H and O–H groups in total. The van der Waals surface area contributed by atoms with Crippen LogP contribution >= 0.6 is 0 Å². The summed E-state index contributed by atoms with van der Waals surface area (Å²) in [6, 6.07) is 8.70. The largest absolute Gasteiger partial charge is 0.472 e. The van der Waals surface area contributed by atoms with Crippen molar-refractivity contribution in [2.75, 3.05) is 11.9 Å². The highest BCUT2D eigenvalue weighted by Gasteiger charge is 2.26. The molecule has 1 amide bonds. The van der Waals surface area contributed by atoms with Gasteiger partial charge in [-0.25, -0.2) is 9.97 Å². The van der Waals surface area contributed by atoms with Crippen molar-refractivity contribution in [2.45, 2.75) is 38.3 Å². The van der Waals surface area contributed by atoms with E-state index in [1.807, 2.05) is 6.07 Å². The van der Waals surface area contributed by atoms with Gasteiger partial charge in [0.25, 0.3) is 5.89 Å². The first-order valence-electron chi connectivity index (χ1n) is 12.4. The topological polar surface area (TPSA) is 152 Å². The van der Waals surface area contributed by atoms with Crippen LogP contribution in [0.25, 0.3) is 22.6 Å². The number of amides is 1. The number of carbonyl (C=O) groups excluding carboxylic acids is 1. The summed E-state index contributed by atoms with van der Waals surface area (Å²) in [6.45, 7) is 1.00. The second kappa shape index (κ2) is 9.21. The summed E-state index contributed by atoms with van der Waals surface area (Å²) in [5, 5.41) is 22.3. The monoisotopic (exact) mass is 509 g/mol. The van der Waals surface area contributed by atoms with Crippen molar-refractivity contribution in [2.24, 2.45) is 0 Å². The normalized spacial score (nSPS) is 16.3. The number of anilines is 1. The number of hydrogen-bond acceptors (Lipinski definition) is 10. The molecule has 0 saturated carbocycles. The summed E-state index contributed by atoms with van der Waals surface area (Å²) in [6.07, 6.45) is 9.22. The number of rotatable bonds is 6. The lowest BCUT2D eigenvalue weighted by Crippen LogP contribution is -2.37. The number of aromatic nitrogens is 7. The standard InChI is InChI=1S/C26H23N9O3/c36-24(35-5-3-21-22(13-35)31-34-30-21)10-23-32-33-25(38-23)19-11-27-26(28-12-19)29-20-8-16-2-1-15(7-18(16)9-20)17-4-6-37-14-17/h1-2,4,6-7,11-12,14,20H,3,5,8-10,13H2,(H,27,28,29)(H,30,31,34)/t20-/m1/s1. The molecule has 1 aliphatic heterocycles. The number of nitrogens with one attached hydrogen (secondary N) is 2. The smallest absolute Gasteiger partial charge is 0.250 e. The molecule has 190 valence electrons. The van der Waals surface area contributed by atoms with Crippen LogP contribution in [0, 0.1) is 0 Å². The highest BCUT2D eigenvalue weighted by atomic mass is 16.4. The highest BCUT2D eigenvalue weighted by Crippen LogP contribution is 2.29. The zero-order valence-electron chi connectivity index (χ0n) is 20.3. The average Bonchev–Trinajstić information content (AvgIpc) is 3.75. The molecule has 5 heterocycles. The number of aromatic amines is 1. The van der Waals surface area contributed by atoms with Crippen LogP contribution in [0.3, 0.4) is 0 Å². The van der Waals surface area contributed by atoms with Crippen LogP contribution < -0.4 is 5.32 Å². The minimum Gasteiger partial charge on any atom is -0.472 e. The minimum atomic E-state index is -0.0981. The molecule has 7 rings (SSSR count). The van der Waals surface area contributed by atoms with Crippen molar-refractivity contribution >= 4 is 11.9 Å². The van der Waals surface area contributed by atoms with Gasteiger partial charge in [-0.3, -0.25) is 4.79 Å². The van der Waals surface area contributed by atoms with E-state index >= 15 is 0 Å². The first-order chi connectivity index (χ1) is 18.7. The summed E-state index contributed by atoms with van der Waals surface area (Å²) in [5.74, 6) is 0.960. The Labute approximate surface area is 216 Å². The molecule has 0 bridgehead atoms. The Bertz CT molecular complexity index is 1590. The van der Waals surface area contributed by atoms with Crippen LogP contribution in [0.4, 0.5) is 5.95 Å². The zero-order valence-corrected chi connectivity index (χ0v) is 20.3. The predicted molar refractivity (Wildman–Crippen MR) is 133 cm³/mol. The van der Waals surface area contributed by atoms with Crippen LogP contribution in [-0.2, 0) is 37.0 Å². The fourth-order valence-corrected chi connectivity index (χ4v) is 5.02. The molecule has 38 heavy (non-hydrogen) atoms. The van der Waals surface area contributed by atoms with E-state index in [9.17, 15) is 4.79 Å². The third-order valence-electron chi connectivity index (χ3n) is 7.01. The molecule has 0 spiro atoms. The Kier molecular flexibility index (Phi) is 5.42. The van der Waals surface area contributed by atoms with Gasteiger partial charge in [-0.05, 0) is 35.6 Å².